The minimum atomic E-state index is 0.700. The highest BCUT2D eigenvalue weighted by atomic mass is 15.3. The fourth-order valence-corrected chi connectivity index (χ4v) is 3.31. The number of fused-ring (bicyclic) bond motifs is 3. The van der Waals surface area contributed by atoms with E-state index in [0.717, 1.165) is 6.54 Å². The van der Waals surface area contributed by atoms with E-state index in [-0.39, 0.29) is 0 Å². The molecule has 17 heavy (non-hydrogen) atoms. The lowest BCUT2D eigenvalue weighted by atomic mass is 10.1. The second-order valence-corrected chi connectivity index (χ2v) is 5.15. The summed E-state index contributed by atoms with van der Waals surface area (Å²) in [5.74, 6) is 0. The Morgan fingerprint density at radius 3 is 2.76 bits per heavy atom. The maximum Gasteiger partial charge on any atom is 0.0449 e. The van der Waals surface area contributed by atoms with Crippen LogP contribution in [-0.2, 0) is 0 Å². The van der Waals surface area contributed by atoms with Gasteiger partial charge in [0.05, 0.1) is 0 Å². The summed E-state index contributed by atoms with van der Waals surface area (Å²) in [6.45, 7) is 2.31. The predicted octanol–water partition coefficient (Wildman–Crippen LogP) is 2.39. The van der Waals surface area contributed by atoms with Crippen LogP contribution in [0.3, 0.4) is 0 Å². The van der Waals surface area contributed by atoms with Crippen LogP contribution in [-0.4, -0.2) is 25.2 Å². The van der Waals surface area contributed by atoms with Crippen molar-refractivity contribution < 1.29 is 0 Å². The highest BCUT2D eigenvalue weighted by Crippen LogP contribution is 2.34. The van der Waals surface area contributed by atoms with Crippen LogP contribution in [0.2, 0.25) is 0 Å². The topological polar surface area (TPSA) is 15.3 Å². The molecule has 0 radical (unpaired) electrons. The van der Waals surface area contributed by atoms with Crippen molar-refractivity contribution >= 4 is 16.5 Å². The molecule has 2 aliphatic heterocycles. The summed E-state index contributed by atoms with van der Waals surface area (Å²) in [7, 11) is 0. The third kappa shape index (κ3) is 1.37. The SMILES string of the molecule is c1ccc2c(N3CC4CC3CN4)cccc2c1. The third-order valence-corrected chi connectivity index (χ3v) is 4.13. The lowest BCUT2D eigenvalue weighted by Crippen LogP contribution is -2.43. The average Bonchev–Trinajstić information content (AvgIpc) is 3.00. The minimum absolute atomic E-state index is 0.700. The third-order valence-electron chi connectivity index (χ3n) is 4.13. The molecule has 1 N–H and O–H groups in total. The van der Waals surface area contributed by atoms with Crippen LogP contribution in [0, 0.1) is 0 Å². The number of nitrogens with zero attached hydrogens (tertiary/aromatic N) is 1. The van der Waals surface area contributed by atoms with E-state index in [1.807, 2.05) is 0 Å². The van der Waals surface area contributed by atoms with Crippen molar-refractivity contribution in [2.24, 2.45) is 0 Å². The van der Waals surface area contributed by atoms with E-state index in [1.165, 1.54) is 29.4 Å². The number of nitrogens with one attached hydrogen (secondary N) is 1. The van der Waals surface area contributed by atoms with E-state index in [4.69, 9.17) is 0 Å². The van der Waals surface area contributed by atoms with Crippen LogP contribution in [0.1, 0.15) is 6.42 Å². The number of benzene rings is 2. The van der Waals surface area contributed by atoms with Gasteiger partial charge in [0.1, 0.15) is 0 Å². The zero-order valence-electron chi connectivity index (χ0n) is 9.76. The van der Waals surface area contributed by atoms with Gasteiger partial charge in [-0.15, -0.1) is 0 Å². The van der Waals surface area contributed by atoms with Crippen LogP contribution in [0.4, 0.5) is 5.69 Å². The van der Waals surface area contributed by atoms with Gasteiger partial charge in [-0.05, 0) is 17.9 Å². The van der Waals surface area contributed by atoms with Crippen molar-refractivity contribution in [3.8, 4) is 0 Å². The zero-order valence-corrected chi connectivity index (χ0v) is 9.76. The maximum absolute atomic E-state index is 3.56. The quantitative estimate of drug-likeness (QED) is 0.800. The second kappa shape index (κ2) is 3.47. The predicted molar refractivity (Wildman–Crippen MR) is 71.5 cm³/mol. The molecule has 2 aliphatic rings. The first-order valence-electron chi connectivity index (χ1n) is 6.39. The van der Waals surface area contributed by atoms with E-state index in [1.54, 1.807) is 0 Å². The molecule has 2 aromatic carbocycles. The van der Waals surface area contributed by atoms with E-state index in [9.17, 15) is 0 Å². The molecule has 0 saturated carbocycles. The zero-order chi connectivity index (χ0) is 11.2. The van der Waals surface area contributed by atoms with Crippen LogP contribution in [0.15, 0.2) is 42.5 Å². The second-order valence-electron chi connectivity index (χ2n) is 5.15. The highest BCUT2D eigenvalue weighted by molar-refractivity contribution is 5.94. The van der Waals surface area contributed by atoms with Crippen molar-refractivity contribution in [3.63, 3.8) is 0 Å². The van der Waals surface area contributed by atoms with Crippen molar-refractivity contribution in [1.82, 2.24) is 5.32 Å². The standard InChI is InChI=1S/C15H16N2/c1-2-6-14-11(4-1)5-3-7-15(14)17-10-12-8-13(17)9-16-12/h1-7,12-13,16H,8-10H2. The van der Waals surface area contributed by atoms with Crippen molar-refractivity contribution in [2.75, 3.05) is 18.0 Å². The molecule has 0 spiro atoms. The average molecular weight is 224 g/mol. The number of hydrogen-bond donors (Lipinski definition) is 1. The van der Waals surface area contributed by atoms with Crippen LogP contribution in [0.5, 0.6) is 0 Å². The maximum atomic E-state index is 3.56. The lowest BCUT2D eigenvalue weighted by molar-refractivity contribution is 0.581. The van der Waals surface area contributed by atoms with Gasteiger partial charge in [0.25, 0.3) is 0 Å². The molecule has 2 heterocycles. The van der Waals surface area contributed by atoms with Gasteiger partial charge in [0.15, 0.2) is 0 Å². The Morgan fingerprint density at radius 2 is 1.94 bits per heavy atom. The van der Waals surface area contributed by atoms with Crippen molar-refractivity contribution in [1.29, 1.82) is 0 Å². The Balaban J connectivity index is 1.85. The Morgan fingerprint density at radius 1 is 1.06 bits per heavy atom. The molecule has 2 saturated heterocycles. The monoisotopic (exact) mass is 224 g/mol. The summed E-state index contributed by atoms with van der Waals surface area (Å²) >= 11 is 0. The molecule has 4 rings (SSSR count). The van der Waals surface area contributed by atoms with Gasteiger partial charge in [0, 0.05) is 36.2 Å². The molecule has 2 unspecified atom stereocenters. The first-order chi connectivity index (χ1) is 8.42. The molecular weight excluding hydrogens is 208 g/mol. The first kappa shape index (κ1) is 9.49. The van der Waals surface area contributed by atoms with Gasteiger partial charge in [-0.3, -0.25) is 0 Å². The molecule has 2 bridgehead atoms. The minimum Gasteiger partial charge on any atom is -0.365 e. The van der Waals surface area contributed by atoms with Gasteiger partial charge < -0.3 is 10.2 Å². The summed E-state index contributed by atoms with van der Waals surface area (Å²) in [5.41, 5.74) is 1.41. The fraction of sp³-hybridized carbons (Fsp3) is 0.333. The summed E-state index contributed by atoms with van der Waals surface area (Å²) in [5, 5.41) is 6.30. The molecule has 2 heteroatoms. The summed E-state index contributed by atoms with van der Waals surface area (Å²) in [6, 6.07) is 16.7. The van der Waals surface area contributed by atoms with Crippen LogP contribution >= 0.6 is 0 Å². The number of anilines is 1. The molecule has 2 fully saturated rings. The highest BCUT2D eigenvalue weighted by Gasteiger charge is 2.37. The summed E-state index contributed by atoms with van der Waals surface area (Å²) in [4.78, 5) is 2.59. The molecule has 0 amide bonds. The van der Waals surface area contributed by atoms with Gasteiger partial charge in [-0.1, -0.05) is 36.4 Å². The van der Waals surface area contributed by atoms with E-state index < -0.39 is 0 Å². The number of hydrogen-bond acceptors (Lipinski definition) is 2. The molecule has 86 valence electrons. The van der Waals surface area contributed by atoms with E-state index >= 15 is 0 Å². The smallest absolute Gasteiger partial charge is 0.0449 e. The Bertz CT molecular complexity index is 558. The largest absolute Gasteiger partial charge is 0.365 e. The van der Waals surface area contributed by atoms with Gasteiger partial charge in [-0.2, -0.15) is 0 Å². The lowest BCUT2D eigenvalue weighted by Gasteiger charge is -2.30. The van der Waals surface area contributed by atoms with Crippen molar-refractivity contribution in [3.05, 3.63) is 42.5 Å². The van der Waals surface area contributed by atoms with Gasteiger partial charge >= 0.3 is 0 Å². The Kier molecular flexibility index (Phi) is 1.94. The fourth-order valence-electron chi connectivity index (χ4n) is 3.31. The molecule has 2 nitrogen and oxygen atoms in total. The molecule has 2 atom stereocenters. The number of piperazine rings is 1. The molecule has 2 aromatic rings. The van der Waals surface area contributed by atoms with Crippen LogP contribution < -0.4 is 10.2 Å². The van der Waals surface area contributed by atoms with Gasteiger partial charge in [-0.25, -0.2) is 0 Å². The van der Waals surface area contributed by atoms with E-state index in [0.29, 0.717) is 12.1 Å². The summed E-state index contributed by atoms with van der Waals surface area (Å²) < 4.78 is 0. The Labute approximate surface area is 101 Å². The Hall–Kier alpha value is -1.54. The first-order valence-corrected chi connectivity index (χ1v) is 6.39. The molecule has 0 aliphatic carbocycles. The molecule has 0 aromatic heterocycles. The normalized spacial score (nSPS) is 26.9. The summed E-state index contributed by atoms with van der Waals surface area (Å²) in [6.07, 6.45) is 1.31. The molecular formula is C15H16N2. The number of rotatable bonds is 1. The van der Waals surface area contributed by atoms with Crippen LogP contribution in [0.25, 0.3) is 10.8 Å². The van der Waals surface area contributed by atoms with E-state index in [2.05, 4.69) is 52.7 Å². The van der Waals surface area contributed by atoms with Crippen molar-refractivity contribution in [2.45, 2.75) is 18.5 Å². The van der Waals surface area contributed by atoms with Gasteiger partial charge in [0.2, 0.25) is 0 Å².